The largest absolute Gasteiger partial charge is 0.481 e. The summed E-state index contributed by atoms with van der Waals surface area (Å²) >= 11 is 0. The quantitative estimate of drug-likeness (QED) is 0.572. The van der Waals surface area contributed by atoms with E-state index in [0.29, 0.717) is 12.5 Å². The Morgan fingerprint density at radius 1 is 1.25 bits per heavy atom. The highest BCUT2D eigenvalue weighted by Crippen LogP contribution is 2.27. The van der Waals surface area contributed by atoms with Crippen LogP contribution in [0.3, 0.4) is 0 Å². The maximum absolute atomic E-state index is 11.5. The first-order valence-corrected chi connectivity index (χ1v) is 7.54. The molecule has 4 N–H and O–H groups in total. The normalized spacial score (nSPS) is 17.1. The van der Waals surface area contributed by atoms with E-state index in [4.69, 9.17) is 10.8 Å². The number of carbonyl (C=O) groups is 2. The zero-order chi connectivity index (χ0) is 15.7. The summed E-state index contributed by atoms with van der Waals surface area (Å²) in [5.74, 6) is -0.395. The monoisotopic (exact) mass is 286 g/mol. The van der Waals surface area contributed by atoms with Crippen LogP contribution in [0.25, 0.3) is 0 Å². The number of carboxylic acids is 1. The van der Waals surface area contributed by atoms with E-state index in [-0.39, 0.29) is 24.2 Å². The highest BCUT2D eigenvalue weighted by molar-refractivity contribution is 5.81. The smallest absolute Gasteiger partial charge is 0.303 e. The molecular weight excluding hydrogens is 256 g/mol. The summed E-state index contributed by atoms with van der Waals surface area (Å²) in [6.45, 7) is 8.38. The first-order valence-electron chi connectivity index (χ1n) is 7.54. The number of nitrogens with one attached hydrogen (secondary N) is 1. The maximum Gasteiger partial charge on any atom is 0.303 e. The summed E-state index contributed by atoms with van der Waals surface area (Å²) in [6, 6.07) is -0.562. The molecule has 0 aliphatic carbocycles. The fourth-order valence-electron chi connectivity index (χ4n) is 2.31. The molecule has 0 aromatic rings. The molecule has 1 amide bonds. The second-order valence-electron chi connectivity index (χ2n) is 5.87. The Morgan fingerprint density at radius 2 is 1.85 bits per heavy atom. The molecule has 0 spiro atoms. The van der Waals surface area contributed by atoms with Crippen LogP contribution in [0.15, 0.2) is 0 Å². The minimum atomic E-state index is -0.820. The molecule has 118 valence electrons. The fourth-order valence-corrected chi connectivity index (χ4v) is 2.31. The van der Waals surface area contributed by atoms with Crippen LogP contribution in [0.4, 0.5) is 0 Å². The number of hydrogen-bond acceptors (Lipinski definition) is 3. The second-order valence-corrected chi connectivity index (χ2v) is 5.87. The fraction of sp³-hybridized carbons (Fsp3) is 0.867. The number of hydrogen-bond donors (Lipinski definition) is 3. The van der Waals surface area contributed by atoms with Gasteiger partial charge in [-0.25, -0.2) is 0 Å². The van der Waals surface area contributed by atoms with Crippen LogP contribution in [-0.2, 0) is 9.59 Å². The van der Waals surface area contributed by atoms with Crippen LogP contribution in [0.5, 0.6) is 0 Å². The average Bonchev–Trinajstić information content (AvgIpc) is 2.38. The zero-order valence-corrected chi connectivity index (χ0v) is 13.2. The highest BCUT2D eigenvalue weighted by atomic mass is 16.4. The van der Waals surface area contributed by atoms with Gasteiger partial charge in [-0.05, 0) is 24.7 Å². The Bertz CT molecular complexity index is 305. The lowest BCUT2D eigenvalue weighted by molar-refractivity contribution is -0.139. The third kappa shape index (κ3) is 7.48. The van der Waals surface area contributed by atoms with Gasteiger partial charge < -0.3 is 16.2 Å². The van der Waals surface area contributed by atoms with Gasteiger partial charge in [-0.15, -0.1) is 0 Å². The molecule has 0 aliphatic rings. The van der Waals surface area contributed by atoms with Crippen molar-refractivity contribution in [2.45, 2.75) is 59.4 Å². The van der Waals surface area contributed by atoms with Gasteiger partial charge in [0.2, 0.25) is 5.91 Å². The van der Waals surface area contributed by atoms with Crippen LogP contribution in [0, 0.1) is 17.8 Å². The summed E-state index contributed by atoms with van der Waals surface area (Å²) in [6.07, 6.45) is 3.46. The van der Waals surface area contributed by atoms with Gasteiger partial charge in [0.05, 0.1) is 12.5 Å². The molecule has 0 heterocycles. The Kier molecular flexibility index (Phi) is 9.21. The minimum Gasteiger partial charge on any atom is -0.481 e. The molecule has 0 aromatic carbocycles. The number of nitrogens with two attached hydrogens (primary N) is 1. The Labute approximate surface area is 122 Å². The Hall–Kier alpha value is -1.10. The SMILES string of the molecule is CCCC[C@@H](C)[C@@H](C)[C@H](CNC(=O)[C@H](C)N)CC(=O)O. The van der Waals surface area contributed by atoms with Crippen LogP contribution in [0.2, 0.25) is 0 Å². The van der Waals surface area contributed by atoms with Crippen LogP contribution in [0.1, 0.15) is 53.4 Å². The molecule has 0 aromatic heterocycles. The van der Waals surface area contributed by atoms with Gasteiger partial charge in [-0.3, -0.25) is 9.59 Å². The molecule has 0 aliphatic heterocycles. The molecular formula is C15H30N2O3. The molecule has 0 rings (SSSR count). The van der Waals surface area contributed by atoms with Crippen molar-refractivity contribution in [1.29, 1.82) is 0 Å². The number of amides is 1. The molecule has 4 atom stereocenters. The van der Waals surface area contributed by atoms with E-state index in [1.54, 1.807) is 6.92 Å². The molecule has 0 fully saturated rings. The van der Waals surface area contributed by atoms with E-state index in [0.717, 1.165) is 19.3 Å². The van der Waals surface area contributed by atoms with E-state index in [2.05, 4.69) is 26.1 Å². The summed E-state index contributed by atoms with van der Waals surface area (Å²) in [7, 11) is 0. The van der Waals surface area contributed by atoms with Gasteiger partial charge in [0.25, 0.3) is 0 Å². The van der Waals surface area contributed by atoms with Gasteiger partial charge in [-0.1, -0.05) is 40.0 Å². The lowest BCUT2D eigenvalue weighted by atomic mass is 9.79. The molecule has 0 unspecified atom stereocenters. The maximum atomic E-state index is 11.5. The van der Waals surface area contributed by atoms with Crippen LogP contribution in [-0.4, -0.2) is 29.6 Å². The van der Waals surface area contributed by atoms with Crippen LogP contribution < -0.4 is 11.1 Å². The Morgan fingerprint density at radius 3 is 2.30 bits per heavy atom. The second kappa shape index (κ2) is 9.75. The van der Waals surface area contributed by atoms with E-state index in [1.165, 1.54) is 0 Å². The van der Waals surface area contributed by atoms with Gasteiger partial charge in [-0.2, -0.15) is 0 Å². The van der Waals surface area contributed by atoms with Gasteiger partial charge in [0.15, 0.2) is 0 Å². The first-order chi connectivity index (χ1) is 9.29. The van der Waals surface area contributed by atoms with Crippen molar-refractivity contribution in [3.63, 3.8) is 0 Å². The third-order valence-electron chi connectivity index (χ3n) is 4.04. The topological polar surface area (TPSA) is 92.4 Å². The number of carboxylic acid groups (broad SMARTS) is 1. The van der Waals surface area contributed by atoms with Crippen molar-refractivity contribution < 1.29 is 14.7 Å². The molecule has 5 heteroatoms. The van der Waals surface area contributed by atoms with Crippen molar-refractivity contribution in [2.24, 2.45) is 23.5 Å². The Balaban J connectivity index is 4.53. The lowest BCUT2D eigenvalue weighted by Crippen LogP contribution is -2.42. The average molecular weight is 286 g/mol. The van der Waals surface area contributed by atoms with Gasteiger partial charge >= 0.3 is 5.97 Å². The number of aliphatic carboxylic acids is 1. The molecule has 0 bridgehead atoms. The summed E-state index contributed by atoms with van der Waals surface area (Å²) in [5.41, 5.74) is 5.50. The number of rotatable bonds is 10. The molecule has 5 nitrogen and oxygen atoms in total. The lowest BCUT2D eigenvalue weighted by Gasteiger charge is -2.28. The zero-order valence-electron chi connectivity index (χ0n) is 13.2. The van der Waals surface area contributed by atoms with Crippen molar-refractivity contribution in [3.8, 4) is 0 Å². The van der Waals surface area contributed by atoms with Crippen molar-refractivity contribution in [1.82, 2.24) is 5.32 Å². The predicted octanol–water partition coefficient (Wildman–Crippen LogP) is 2.00. The predicted molar refractivity (Wildman–Crippen MR) is 80.3 cm³/mol. The van der Waals surface area contributed by atoms with Gasteiger partial charge in [0.1, 0.15) is 0 Å². The highest BCUT2D eigenvalue weighted by Gasteiger charge is 2.25. The molecule has 0 saturated heterocycles. The summed E-state index contributed by atoms with van der Waals surface area (Å²) in [5, 5.41) is 11.8. The van der Waals surface area contributed by atoms with E-state index >= 15 is 0 Å². The van der Waals surface area contributed by atoms with Crippen LogP contribution >= 0.6 is 0 Å². The first kappa shape index (κ1) is 18.9. The standard InChI is InChI=1S/C15H30N2O3/c1-5-6-7-10(2)11(3)13(8-14(18)19)9-17-15(20)12(4)16/h10-13H,5-9,16H2,1-4H3,(H,17,20)(H,18,19)/t10-,11-,12+,13+/m1/s1. The van der Waals surface area contributed by atoms with E-state index < -0.39 is 12.0 Å². The minimum absolute atomic E-state index is 0.0537. The number of unbranched alkanes of at least 4 members (excludes halogenated alkanes) is 1. The molecule has 0 radical (unpaired) electrons. The van der Waals surface area contributed by atoms with Crippen molar-refractivity contribution >= 4 is 11.9 Å². The summed E-state index contributed by atoms with van der Waals surface area (Å²) in [4.78, 5) is 22.5. The van der Waals surface area contributed by atoms with Gasteiger partial charge in [0, 0.05) is 6.54 Å². The number of carbonyl (C=O) groups excluding carboxylic acids is 1. The molecule has 20 heavy (non-hydrogen) atoms. The summed E-state index contributed by atoms with van der Waals surface area (Å²) < 4.78 is 0. The van der Waals surface area contributed by atoms with E-state index in [1.807, 2.05) is 0 Å². The van der Waals surface area contributed by atoms with E-state index in [9.17, 15) is 9.59 Å². The molecule has 0 saturated carbocycles. The van der Waals surface area contributed by atoms with Crippen molar-refractivity contribution in [2.75, 3.05) is 6.54 Å². The van der Waals surface area contributed by atoms with Crippen molar-refractivity contribution in [3.05, 3.63) is 0 Å². The third-order valence-corrected chi connectivity index (χ3v) is 4.04.